The maximum absolute atomic E-state index is 12.4. The van der Waals surface area contributed by atoms with E-state index in [0.29, 0.717) is 30.9 Å². The molecule has 0 saturated carbocycles. The van der Waals surface area contributed by atoms with Crippen molar-refractivity contribution in [2.45, 2.75) is 45.7 Å². The summed E-state index contributed by atoms with van der Waals surface area (Å²) in [5.41, 5.74) is 0.642. The summed E-state index contributed by atoms with van der Waals surface area (Å²) in [5.74, 6) is 0.602. The fraction of sp³-hybridized carbons (Fsp3) is 0.450. The number of carbonyl (C=O) groups is 2. The molecule has 0 aliphatic rings. The Hall–Kier alpha value is -2.15. The Kier molecular flexibility index (Phi) is 10.4. The minimum Gasteiger partial charge on any atom is -1.00 e. The van der Waals surface area contributed by atoms with E-state index in [-0.39, 0.29) is 28.7 Å². The van der Waals surface area contributed by atoms with E-state index in [0.717, 1.165) is 25.8 Å². The van der Waals surface area contributed by atoms with Crippen molar-refractivity contribution in [3.8, 4) is 5.75 Å². The van der Waals surface area contributed by atoms with Crippen LogP contribution in [-0.2, 0) is 22.6 Å². The summed E-state index contributed by atoms with van der Waals surface area (Å²) in [4.78, 5) is 23.6. The lowest BCUT2D eigenvalue weighted by molar-refractivity contribution is -0.682. The smallest absolute Gasteiger partial charge is 0.305 e. The molecule has 7 heteroatoms. The van der Waals surface area contributed by atoms with E-state index in [2.05, 4.69) is 4.57 Å². The van der Waals surface area contributed by atoms with Gasteiger partial charge in [0.25, 0.3) is 0 Å². The number of Topliss-reactive ketones (excluding diaryl/α,β-unsaturated/α-hetero) is 1. The van der Waals surface area contributed by atoms with Crippen LogP contribution in [0, 0.1) is 0 Å². The Labute approximate surface area is 170 Å². The first-order valence-corrected chi connectivity index (χ1v) is 9.00. The van der Waals surface area contributed by atoms with Gasteiger partial charge >= 0.3 is 5.97 Å². The van der Waals surface area contributed by atoms with Crippen molar-refractivity contribution in [2.24, 2.45) is 0 Å². The fourth-order valence-corrected chi connectivity index (χ4v) is 2.69. The first-order valence-electron chi connectivity index (χ1n) is 9.00. The molecule has 1 heterocycles. The summed E-state index contributed by atoms with van der Waals surface area (Å²) in [6, 6.07) is 7.19. The third-order valence-electron chi connectivity index (χ3n) is 4.07. The summed E-state index contributed by atoms with van der Waals surface area (Å²) in [7, 11) is 1.59. The number of halogens is 1. The summed E-state index contributed by atoms with van der Waals surface area (Å²) >= 11 is 0. The molecule has 27 heavy (non-hydrogen) atoms. The van der Waals surface area contributed by atoms with E-state index in [1.165, 1.54) is 0 Å². The Morgan fingerprint density at radius 2 is 2.00 bits per heavy atom. The van der Waals surface area contributed by atoms with E-state index >= 15 is 0 Å². The second kappa shape index (κ2) is 12.3. The van der Waals surface area contributed by atoms with Crippen molar-refractivity contribution in [1.82, 2.24) is 4.57 Å². The number of ketones is 1. The van der Waals surface area contributed by atoms with Crippen LogP contribution in [0.25, 0.3) is 0 Å². The highest BCUT2D eigenvalue weighted by molar-refractivity contribution is 5.95. The van der Waals surface area contributed by atoms with E-state index in [4.69, 9.17) is 9.47 Å². The van der Waals surface area contributed by atoms with Crippen LogP contribution in [0.5, 0.6) is 5.75 Å². The predicted molar refractivity (Wildman–Crippen MR) is 97.1 cm³/mol. The number of nitrogens with zero attached hydrogens (tertiary/aromatic N) is 2. The molecule has 1 aromatic carbocycles. The maximum atomic E-state index is 12.4. The van der Waals surface area contributed by atoms with Crippen molar-refractivity contribution >= 4 is 11.8 Å². The van der Waals surface area contributed by atoms with Crippen molar-refractivity contribution in [3.63, 3.8) is 0 Å². The molecule has 6 nitrogen and oxygen atoms in total. The number of esters is 1. The lowest BCUT2D eigenvalue weighted by Gasteiger charge is -2.02. The van der Waals surface area contributed by atoms with E-state index < -0.39 is 0 Å². The van der Waals surface area contributed by atoms with Crippen LogP contribution < -0.4 is 26.3 Å². The quantitative estimate of drug-likeness (QED) is 0.211. The van der Waals surface area contributed by atoms with Gasteiger partial charge in [0.15, 0.2) is 6.54 Å². The molecule has 0 spiro atoms. The number of aromatic nitrogens is 2. The number of aryl methyl sites for hydroxylation is 1. The highest BCUT2D eigenvalue weighted by atomic mass is 79.9. The van der Waals surface area contributed by atoms with Crippen LogP contribution >= 0.6 is 0 Å². The number of carbonyl (C=O) groups excluding carboxylic acids is 2. The SMILES string of the molecule is CCOC(=O)CCCCCn1cc[n+](CC(=O)c2cccc(OC)c2)c1.[Br-]. The van der Waals surface area contributed by atoms with Crippen molar-refractivity contribution in [3.05, 3.63) is 48.5 Å². The van der Waals surface area contributed by atoms with Crippen LogP contribution in [0.3, 0.4) is 0 Å². The number of hydrogen-bond acceptors (Lipinski definition) is 4. The van der Waals surface area contributed by atoms with Gasteiger partial charge in [0, 0.05) is 12.0 Å². The molecule has 0 aliphatic heterocycles. The minimum absolute atomic E-state index is 0. The van der Waals surface area contributed by atoms with Crippen LogP contribution in [0.2, 0.25) is 0 Å². The fourth-order valence-electron chi connectivity index (χ4n) is 2.69. The molecular formula is C20H27BrN2O4. The molecule has 0 amide bonds. The second-order valence-corrected chi connectivity index (χ2v) is 6.09. The highest BCUT2D eigenvalue weighted by Crippen LogP contribution is 2.13. The molecule has 0 saturated heterocycles. The van der Waals surface area contributed by atoms with Gasteiger partial charge in [-0.15, -0.1) is 0 Å². The monoisotopic (exact) mass is 438 g/mol. The van der Waals surface area contributed by atoms with Gasteiger partial charge in [0.1, 0.15) is 18.1 Å². The molecule has 1 aromatic heterocycles. The largest absolute Gasteiger partial charge is 1.00 e. The average molecular weight is 439 g/mol. The van der Waals surface area contributed by atoms with Crippen molar-refractivity contribution in [2.75, 3.05) is 13.7 Å². The lowest BCUT2D eigenvalue weighted by atomic mass is 10.1. The normalized spacial score (nSPS) is 10.1. The van der Waals surface area contributed by atoms with E-state index in [1.807, 2.05) is 42.3 Å². The summed E-state index contributed by atoms with van der Waals surface area (Å²) in [6.07, 6.45) is 9.07. The zero-order valence-corrected chi connectivity index (χ0v) is 17.5. The topological polar surface area (TPSA) is 61.4 Å². The molecule has 2 aromatic rings. The maximum Gasteiger partial charge on any atom is 0.305 e. The summed E-state index contributed by atoms with van der Waals surface area (Å²) in [5, 5.41) is 0. The van der Waals surface area contributed by atoms with Crippen molar-refractivity contribution < 1.29 is 40.6 Å². The molecule has 0 radical (unpaired) electrons. The molecule has 0 unspecified atom stereocenters. The standard InChI is InChI=1S/C20H27N2O4.BrH/c1-3-26-20(24)10-5-4-6-11-21-12-13-22(16-21)15-19(23)17-8-7-9-18(14-17)25-2;/h7-9,12-14,16H,3-6,10-11,15H2,1-2H3;1H/q+1;/p-1. The predicted octanol–water partition coefficient (Wildman–Crippen LogP) is -0.205. The second-order valence-electron chi connectivity index (χ2n) is 6.09. The third kappa shape index (κ3) is 7.95. The van der Waals surface area contributed by atoms with Crippen LogP contribution in [-0.4, -0.2) is 30.0 Å². The van der Waals surface area contributed by atoms with Gasteiger partial charge in [-0.3, -0.25) is 9.59 Å². The van der Waals surface area contributed by atoms with Gasteiger partial charge < -0.3 is 26.5 Å². The zero-order valence-electron chi connectivity index (χ0n) is 15.9. The van der Waals surface area contributed by atoms with Gasteiger partial charge in [-0.05, 0) is 38.3 Å². The first kappa shape index (κ1) is 22.9. The van der Waals surface area contributed by atoms with Gasteiger partial charge in [0.2, 0.25) is 12.1 Å². The molecule has 2 rings (SSSR count). The number of imidazole rings is 1. The summed E-state index contributed by atoms with van der Waals surface area (Å²) in [6.45, 7) is 3.42. The van der Waals surface area contributed by atoms with Crippen LogP contribution in [0.15, 0.2) is 43.0 Å². The van der Waals surface area contributed by atoms with Gasteiger partial charge in [0.05, 0.1) is 20.3 Å². The Morgan fingerprint density at radius 1 is 1.19 bits per heavy atom. The van der Waals surface area contributed by atoms with Gasteiger partial charge in [-0.1, -0.05) is 12.1 Å². The van der Waals surface area contributed by atoms with Gasteiger partial charge in [-0.2, -0.15) is 0 Å². The third-order valence-corrected chi connectivity index (χ3v) is 4.07. The van der Waals surface area contributed by atoms with E-state index in [9.17, 15) is 9.59 Å². The average Bonchev–Trinajstić information content (AvgIpc) is 3.09. The highest BCUT2D eigenvalue weighted by Gasteiger charge is 2.12. The number of benzene rings is 1. The lowest BCUT2D eigenvalue weighted by Crippen LogP contribution is -3.00. The number of rotatable bonds is 11. The molecule has 148 valence electrons. The number of methoxy groups -OCH3 is 1. The number of hydrogen-bond donors (Lipinski definition) is 0. The molecule has 0 fully saturated rings. The van der Waals surface area contributed by atoms with Crippen LogP contribution in [0.4, 0.5) is 0 Å². The number of unbranched alkanes of at least 4 members (excludes halogenated alkanes) is 2. The molecule has 0 N–H and O–H groups in total. The Bertz CT molecular complexity index is 730. The number of ether oxygens (including phenoxy) is 2. The zero-order chi connectivity index (χ0) is 18.8. The first-order chi connectivity index (χ1) is 12.6. The van der Waals surface area contributed by atoms with E-state index in [1.54, 1.807) is 19.2 Å². The molecular weight excluding hydrogens is 412 g/mol. The summed E-state index contributed by atoms with van der Waals surface area (Å²) < 4.78 is 14.0. The molecule has 0 atom stereocenters. The minimum atomic E-state index is -0.123. The van der Waals surface area contributed by atoms with Crippen LogP contribution in [0.1, 0.15) is 43.0 Å². The molecule has 0 aliphatic carbocycles. The van der Waals surface area contributed by atoms with Gasteiger partial charge in [-0.25, -0.2) is 9.13 Å². The Balaban J connectivity index is 0.00000364. The molecule has 0 bridgehead atoms. The van der Waals surface area contributed by atoms with Crippen molar-refractivity contribution in [1.29, 1.82) is 0 Å². The Morgan fingerprint density at radius 3 is 2.74 bits per heavy atom.